The lowest BCUT2D eigenvalue weighted by Gasteiger charge is -2.45. The molecule has 3 heterocycles. The van der Waals surface area contributed by atoms with Gasteiger partial charge in [-0.25, -0.2) is 0 Å². The molecule has 2 bridgehead atoms. The summed E-state index contributed by atoms with van der Waals surface area (Å²) in [5.74, 6) is 0.896. The summed E-state index contributed by atoms with van der Waals surface area (Å²) in [5, 5.41) is 4.52. The Labute approximate surface area is 120 Å². The summed E-state index contributed by atoms with van der Waals surface area (Å²) in [7, 11) is 0. The Morgan fingerprint density at radius 1 is 1.17 bits per heavy atom. The van der Waals surface area contributed by atoms with Crippen LogP contribution in [0.5, 0.6) is 0 Å². The molecule has 3 aliphatic rings. The van der Waals surface area contributed by atoms with Crippen LogP contribution in [0.3, 0.4) is 0 Å². The van der Waals surface area contributed by atoms with Crippen LogP contribution in [0.4, 0.5) is 0 Å². The maximum Gasteiger partial charge on any atom is 0.0406 e. The molecule has 3 fully saturated rings. The van der Waals surface area contributed by atoms with E-state index in [0.29, 0.717) is 6.04 Å². The summed E-state index contributed by atoms with van der Waals surface area (Å²) in [4.78, 5) is 2.58. The molecule has 4 rings (SSSR count). The lowest BCUT2D eigenvalue weighted by molar-refractivity contribution is 0.0720. The van der Waals surface area contributed by atoms with Crippen LogP contribution < -0.4 is 5.32 Å². The van der Waals surface area contributed by atoms with E-state index in [-0.39, 0.29) is 12.4 Å². The Kier molecular flexibility index (Phi) is 4.91. The molecule has 2 nitrogen and oxygen atoms in total. The quantitative estimate of drug-likeness (QED) is 0.919. The highest BCUT2D eigenvalue weighted by atomic mass is 35.5. The van der Waals surface area contributed by atoms with Gasteiger partial charge in [0.2, 0.25) is 0 Å². The van der Waals surface area contributed by atoms with Gasteiger partial charge in [-0.1, -0.05) is 23.7 Å². The Morgan fingerprint density at radius 3 is 2.39 bits per heavy atom. The molecule has 0 saturated carbocycles. The predicted molar refractivity (Wildman–Crippen MR) is 78.5 cm³/mol. The van der Waals surface area contributed by atoms with E-state index in [1.165, 1.54) is 38.0 Å². The lowest BCUT2D eigenvalue weighted by atomic mass is 9.84. The zero-order chi connectivity index (χ0) is 11.7. The highest BCUT2D eigenvalue weighted by molar-refractivity contribution is 6.30. The van der Waals surface area contributed by atoms with Crippen molar-refractivity contribution in [1.29, 1.82) is 0 Å². The van der Waals surface area contributed by atoms with E-state index in [2.05, 4.69) is 22.3 Å². The molecular weight excluding hydrogens is 267 g/mol. The van der Waals surface area contributed by atoms with Gasteiger partial charge >= 0.3 is 0 Å². The third kappa shape index (κ3) is 3.18. The van der Waals surface area contributed by atoms with Crippen molar-refractivity contribution >= 4 is 24.0 Å². The van der Waals surface area contributed by atoms with E-state index in [1.54, 1.807) is 0 Å². The van der Waals surface area contributed by atoms with Crippen molar-refractivity contribution in [3.8, 4) is 0 Å². The van der Waals surface area contributed by atoms with Gasteiger partial charge in [0.25, 0.3) is 0 Å². The maximum atomic E-state index is 5.88. The van der Waals surface area contributed by atoms with Crippen LogP contribution in [0.15, 0.2) is 24.3 Å². The molecule has 0 amide bonds. The van der Waals surface area contributed by atoms with E-state index >= 15 is 0 Å². The van der Waals surface area contributed by atoms with Crippen molar-refractivity contribution in [2.45, 2.75) is 25.4 Å². The Balaban J connectivity index is 0.00000120. The highest BCUT2D eigenvalue weighted by Crippen LogP contribution is 2.27. The van der Waals surface area contributed by atoms with Gasteiger partial charge in [0.05, 0.1) is 0 Å². The van der Waals surface area contributed by atoms with Gasteiger partial charge in [-0.05, 0) is 49.5 Å². The topological polar surface area (TPSA) is 15.3 Å². The number of piperidine rings is 3. The first-order valence-corrected chi connectivity index (χ1v) is 6.89. The van der Waals surface area contributed by atoms with Crippen LogP contribution in [0, 0.1) is 5.92 Å². The number of fused-ring (bicyclic) bond motifs is 3. The summed E-state index contributed by atoms with van der Waals surface area (Å²) in [6.45, 7) is 4.82. The number of hydrogen-bond donors (Lipinski definition) is 1. The molecule has 0 aromatic heterocycles. The molecular formula is C14H20Cl2N2. The van der Waals surface area contributed by atoms with Gasteiger partial charge in [0.15, 0.2) is 0 Å². The summed E-state index contributed by atoms with van der Waals surface area (Å²) in [6, 6.07) is 8.84. The highest BCUT2D eigenvalue weighted by Gasteiger charge is 2.33. The van der Waals surface area contributed by atoms with Gasteiger partial charge in [-0.15, -0.1) is 12.4 Å². The number of rotatable bonds is 3. The molecule has 1 aromatic rings. The van der Waals surface area contributed by atoms with Crippen LogP contribution in [0.2, 0.25) is 5.02 Å². The molecule has 3 saturated heterocycles. The second-order valence-electron chi connectivity index (χ2n) is 5.25. The minimum atomic E-state index is 0. The lowest BCUT2D eigenvalue weighted by Crippen LogP contribution is -2.55. The zero-order valence-corrected chi connectivity index (χ0v) is 12.0. The van der Waals surface area contributed by atoms with E-state index in [0.717, 1.165) is 17.5 Å². The third-order valence-corrected chi connectivity index (χ3v) is 4.39. The maximum absolute atomic E-state index is 5.88. The number of benzene rings is 1. The Bertz CT molecular complexity index is 372. The minimum Gasteiger partial charge on any atom is -0.308 e. The molecule has 18 heavy (non-hydrogen) atoms. The van der Waals surface area contributed by atoms with Crippen LogP contribution in [-0.4, -0.2) is 30.6 Å². The average Bonchev–Trinajstić information content (AvgIpc) is 2.39. The van der Waals surface area contributed by atoms with Crippen molar-refractivity contribution in [3.05, 3.63) is 34.9 Å². The van der Waals surface area contributed by atoms with Crippen LogP contribution in [0.1, 0.15) is 18.4 Å². The molecule has 4 heteroatoms. The van der Waals surface area contributed by atoms with E-state index in [4.69, 9.17) is 11.6 Å². The summed E-state index contributed by atoms with van der Waals surface area (Å²) < 4.78 is 0. The van der Waals surface area contributed by atoms with Crippen molar-refractivity contribution in [3.63, 3.8) is 0 Å². The first-order chi connectivity index (χ1) is 8.31. The SMILES string of the molecule is Cl.Clc1ccc(CNC2CN3CCC2CC3)cc1. The van der Waals surface area contributed by atoms with Crippen LogP contribution in [0.25, 0.3) is 0 Å². The second-order valence-corrected chi connectivity index (χ2v) is 5.69. The van der Waals surface area contributed by atoms with Gasteiger partial charge in [0, 0.05) is 24.2 Å². The number of halogens is 2. The predicted octanol–water partition coefficient (Wildman–Crippen LogP) is 2.95. The number of nitrogens with one attached hydrogen (secondary N) is 1. The molecule has 0 radical (unpaired) electrons. The van der Waals surface area contributed by atoms with Gasteiger partial charge in [-0.2, -0.15) is 0 Å². The number of nitrogens with zero attached hydrogens (tertiary/aromatic N) is 1. The van der Waals surface area contributed by atoms with Crippen LogP contribution >= 0.6 is 24.0 Å². The molecule has 1 atom stereocenters. The third-order valence-electron chi connectivity index (χ3n) is 4.14. The van der Waals surface area contributed by atoms with E-state index in [9.17, 15) is 0 Å². The first-order valence-electron chi connectivity index (χ1n) is 6.51. The molecule has 0 aliphatic carbocycles. The minimum absolute atomic E-state index is 0. The standard InChI is InChI=1S/C14H19ClN2.ClH/c15-13-3-1-11(2-4-13)9-16-14-10-17-7-5-12(14)6-8-17;/h1-4,12,14,16H,5-10H2;1H. The van der Waals surface area contributed by atoms with Gasteiger partial charge in [0.1, 0.15) is 0 Å². The van der Waals surface area contributed by atoms with Gasteiger partial charge < -0.3 is 10.2 Å². The molecule has 1 N–H and O–H groups in total. The fourth-order valence-corrected chi connectivity index (χ4v) is 3.17. The average molecular weight is 287 g/mol. The Hall–Kier alpha value is -0.280. The van der Waals surface area contributed by atoms with E-state index in [1.807, 2.05) is 12.1 Å². The molecule has 1 aromatic carbocycles. The fourth-order valence-electron chi connectivity index (χ4n) is 3.05. The fraction of sp³-hybridized carbons (Fsp3) is 0.571. The van der Waals surface area contributed by atoms with Gasteiger partial charge in [-0.3, -0.25) is 0 Å². The van der Waals surface area contributed by atoms with Crippen molar-refractivity contribution in [2.75, 3.05) is 19.6 Å². The van der Waals surface area contributed by atoms with Crippen molar-refractivity contribution in [2.24, 2.45) is 5.92 Å². The number of hydrogen-bond acceptors (Lipinski definition) is 2. The normalized spacial score (nSPS) is 29.9. The first kappa shape index (κ1) is 14.1. The molecule has 100 valence electrons. The molecule has 1 unspecified atom stereocenters. The summed E-state index contributed by atoms with van der Waals surface area (Å²) in [5.41, 5.74) is 1.32. The smallest absolute Gasteiger partial charge is 0.0406 e. The Morgan fingerprint density at radius 2 is 1.83 bits per heavy atom. The van der Waals surface area contributed by atoms with Crippen molar-refractivity contribution in [1.82, 2.24) is 10.2 Å². The summed E-state index contributed by atoms with van der Waals surface area (Å²) in [6.07, 6.45) is 2.75. The molecule has 0 spiro atoms. The van der Waals surface area contributed by atoms with Crippen molar-refractivity contribution < 1.29 is 0 Å². The zero-order valence-electron chi connectivity index (χ0n) is 10.4. The summed E-state index contributed by atoms with van der Waals surface area (Å²) >= 11 is 5.88. The second kappa shape index (κ2) is 6.25. The monoisotopic (exact) mass is 286 g/mol. The molecule has 3 aliphatic heterocycles. The largest absolute Gasteiger partial charge is 0.308 e. The van der Waals surface area contributed by atoms with E-state index < -0.39 is 0 Å². The van der Waals surface area contributed by atoms with Crippen LogP contribution in [-0.2, 0) is 6.54 Å².